The molecule has 0 fully saturated rings. The predicted octanol–water partition coefficient (Wildman–Crippen LogP) is 2.79. The fourth-order valence-electron chi connectivity index (χ4n) is 1.77. The summed E-state index contributed by atoms with van der Waals surface area (Å²) in [4.78, 5) is 14.6. The molecule has 0 radical (unpaired) electrons. The van der Waals surface area contributed by atoms with E-state index in [4.69, 9.17) is 0 Å². The lowest BCUT2D eigenvalue weighted by molar-refractivity contribution is 0.0983. The van der Waals surface area contributed by atoms with Crippen molar-refractivity contribution in [3.63, 3.8) is 0 Å². The molecular formula is C11H17NO. The average molecular weight is 179 g/mol. The van der Waals surface area contributed by atoms with E-state index in [2.05, 4.69) is 11.9 Å². The second-order valence-electron chi connectivity index (χ2n) is 3.36. The quantitative estimate of drug-likeness (QED) is 0.711. The molecule has 2 heteroatoms. The fraction of sp³-hybridized carbons (Fsp3) is 0.545. The molecule has 1 aromatic heterocycles. The van der Waals surface area contributed by atoms with Crippen molar-refractivity contribution in [2.24, 2.45) is 0 Å². The molecule has 0 bridgehead atoms. The number of aromatic amines is 1. The molecule has 0 saturated carbocycles. The Bertz CT molecular complexity index is 323. The minimum absolute atomic E-state index is 0.209. The number of Topliss-reactive ketones (excluding diaryl/α,β-unsaturated/α-hetero) is 1. The number of ketones is 1. The van der Waals surface area contributed by atoms with Crippen LogP contribution in [0.4, 0.5) is 0 Å². The summed E-state index contributed by atoms with van der Waals surface area (Å²) in [7, 11) is 0. The molecule has 0 unspecified atom stereocenters. The number of hydrogen-bond acceptors (Lipinski definition) is 1. The number of aromatic nitrogens is 1. The van der Waals surface area contributed by atoms with Gasteiger partial charge in [-0.05, 0) is 31.4 Å². The van der Waals surface area contributed by atoms with Gasteiger partial charge in [0.05, 0.1) is 5.69 Å². The monoisotopic (exact) mass is 179 g/mol. The van der Waals surface area contributed by atoms with Crippen LogP contribution in [-0.4, -0.2) is 10.8 Å². The maximum absolute atomic E-state index is 11.5. The highest BCUT2D eigenvalue weighted by atomic mass is 16.1. The molecule has 0 aromatic carbocycles. The molecule has 0 atom stereocenters. The number of H-pyrrole nitrogens is 1. The van der Waals surface area contributed by atoms with E-state index in [-0.39, 0.29) is 5.78 Å². The standard InChI is InChI=1S/C11H17NO/c1-5-9-7(3)11(10(13)6-2)12-8(9)4/h12H,5-6H2,1-4H3. The number of carbonyl (C=O) groups is 1. The zero-order valence-electron chi connectivity index (χ0n) is 8.82. The van der Waals surface area contributed by atoms with Crippen molar-refractivity contribution in [2.75, 3.05) is 0 Å². The van der Waals surface area contributed by atoms with Gasteiger partial charge in [-0.1, -0.05) is 13.8 Å². The highest BCUT2D eigenvalue weighted by molar-refractivity contribution is 5.96. The number of carbonyl (C=O) groups excluding carboxylic acids is 1. The van der Waals surface area contributed by atoms with Gasteiger partial charge in [-0.25, -0.2) is 0 Å². The van der Waals surface area contributed by atoms with Gasteiger partial charge in [-0.15, -0.1) is 0 Å². The lowest BCUT2D eigenvalue weighted by Crippen LogP contribution is -1.99. The normalized spacial score (nSPS) is 10.5. The first-order valence-corrected chi connectivity index (χ1v) is 4.83. The van der Waals surface area contributed by atoms with Gasteiger partial charge in [0, 0.05) is 12.1 Å². The lowest BCUT2D eigenvalue weighted by Gasteiger charge is -1.97. The van der Waals surface area contributed by atoms with E-state index in [1.54, 1.807) is 0 Å². The summed E-state index contributed by atoms with van der Waals surface area (Å²) in [6.07, 6.45) is 1.56. The van der Waals surface area contributed by atoms with Gasteiger partial charge in [0.1, 0.15) is 0 Å². The smallest absolute Gasteiger partial charge is 0.179 e. The van der Waals surface area contributed by atoms with Crippen LogP contribution in [0.25, 0.3) is 0 Å². The predicted molar refractivity (Wildman–Crippen MR) is 54.3 cm³/mol. The van der Waals surface area contributed by atoms with Crippen LogP contribution < -0.4 is 0 Å². The molecule has 72 valence electrons. The fourth-order valence-corrected chi connectivity index (χ4v) is 1.77. The summed E-state index contributed by atoms with van der Waals surface area (Å²) in [5.41, 5.74) is 4.36. The molecule has 2 nitrogen and oxygen atoms in total. The van der Waals surface area contributed by atoms with Crippen molar-refractivity contribution < 1.29 is 4.79 Å². The van der Waals surface area contributed by atoms with Crippen molar-refractivity contribution in [1.82, 2.24) is 4.98 Å². The van der Waals surface area contributed by atoms with Crippen molar-refractivity contribution in [1.29, 1.82) is 0 Å². The minimum Gasteiger partial charge on any atom is -0.356 e. The van der Waals surface area contributed by atoms with E-state index >= 15 is 0 Å². The number of hydrogen-bond donors (Lipinski definition) is 1. The summed E-state index contributed by atoms with van der Waals surface area (Å²) in [5, 5.41) is 0. The van der Waals surface area contributed by atoms with Gasteiger partial charge in [-0.2, -0.15) is 0 Å². The van der Waals surface area contributed by atoms with Crippen LogP contribution in [0.3, 0.4) is 0 Å². The molecule has 1 N–H and O–H groups in total. The van der Waals surface area contributed by atoms with Gasteiger partial charge in [0.15, 0.2) is 5.78 Å². The van der Waals surface area contributed by atoms with Crippen LogP contribution in [0.15, 0.2) is 0 Å². The molecule has 13 heavy (non-hydrogen) atoms. The van der Waals surface area contributed by atoms with E-state index in [1.165, 1.54) is 5.56 Å². The molecule has 0 spiro atoms. The third-order valence-electron chi connectivity index (χ3n) is 2.55. The Labute approximate surface area is 79.4 Å². The van der Waals surface area contributed by atoms with Crippen LogP contribution in [0.5, 0.6) is 0 Å². The Morgan fingerprint density at radius 2 is 1.92 bits per heavy atom. The summed E-state index contributed by atoms with van der Waals surface area (Å²) in [6.45, 7) is 8.05. The highest BCUT2D eigenvalue weighted by Gasteiger charge is 2.14. The first-order valence-electron chi connectivity index (χ1n) is 4.83. The van der Waals surface area contributed by atoms with Crippen molar-refractivity contribution in [3.05, 3.63) is 22.5 Å². The maximum atomic E-state index is 11.5. The van der Waals surface area contributed by atoms with Gasteiger partial charge >= 0.3 is 0 Å². The van der Waals surface area contributed by atoms with Crippen LogP contribution in [0.2, 0.25) is 0 Å². The maximum Gasteiger partial charge on any atom is 0.179 e. The molecule has 0 amide bonds. The van der Waals surface area contributed by atoms with Gasteiger partial charge in [-0.3, -0.25) is 4.79 Å². The number of rotatable bonds is 3. The SMILES string of the molecule is CCC(=O)c1[nH]c(C)c(CC)c1C. The second kappa shape index (κ2) is 3.77. The van der Waals surface area contributed by atoms with Gasteiger partial charge < -0.3 is 4.98 Å². The third-order valence-corrected chi connectivity index (χ3v) is 2.55. The summed E-state index contributed by atoms with van der Waals surface area (Å²) in [6, 6.07) is 0. The Morgan fingerprint density at radius 3 is 2.31 bits per heavy atom. The summed E-state index contributed by atoms with van der Waals surface area (Å²) in [5.74, 6) is 0.209. The van der Waals surface area contributed by atoms with Crippen LogP contribution in [0, 0.1) is 13.8 Å². The average Bonchev–Trinajstić information content (AvgIpc) is 2.40. The van der Waals surface area contributed by atoms with Crippen molar-refractivity contribution >= 4 is 5.78 Å². The molecule has 1 aromatic rings. The Kier molecular flexibility index (Phi) is 2.91. The minimum atomic E-state index is 0.209. The van der Waals surface area contributed by atoms with E-state index in [0.717, 1.165) is 23.4 Å². The van der Waals surface area contributed by atoms with Crippen LogP contribution >= 0.6 is 0 Å². The third kappa shape index (κ3) is 1.67. The molecule has 0 aliphatic carbocycles. The van der Waals surface area contributed by atoms with E-state index < -0.39 is 0 Å². The Balaban J connectivity index is 3.18. The molecule has 0 aliphatic rings. The Morgan fingerprint density at radius 1 is 1.31 bits per heavy atom. The Hall–Kier alpha value is -1.05. The summed E-state index contributed by atoms with van der Waals surface area (Å²) < 4.78 is 0. The highest BCUT2D eigenvalue weighted by Crippen LogP contribution is 2.19. The number of aryl methyl sites for hydroxylation is 1. The number of nitrogens with one attached hydrogen (secondary N) is 1. The largest absolute Gasteiger partial charge is 0.356 e. The van der Waals surface area contributed by atoms with Crippen molar-refractivity contribution in [2.45, 2.75) is 40.5 Å². The summed E-state index contributed by atoms with van der Waals surface area (Å²) >= 11 is 0. The van der Waals surface area contributed by atoms with Crippen LogP contribution in [-0.2, 0) is 6.42 Å². The van der Waals surface area contributed by atoms with Gasteiger partial charge in [0.2, 0.25) is 0 Å². The molecular weight excluding hydrogens is 162 g/mol. The zero-order valence-corrected chi connectivity index (χ0v) is 8.82. The molecule has 0 saturated heterocycles. The molecule has 1 rings (SSSR count). The topological polar surface area (TPSA) is 32.9 Å². The lowest BCUT2D eigenvalue weighted by atomic mass is 10.1. The van der Waals surface area contributed by atoms with E-state index in [1.807, 2.05) is 20.8 Å². The molecule has 1 heterocycles. The van der Waals surface area contributed by atoms with E-state index in [9.17, 15) is 4.79 Å². The first-order chi connectivity index (χ1) is 6.11. The second-order valence-corrected chi connectivity index (χ2v) is 3.36. The van der Waals surface area contributed by atoms with Gasteiger partial charge in [0.25, 0.3) is 0 Å². The van der Waals surface area contributed by atoms with Crippen molar-refractivity contribution in [3.8, 4) is 0 Å². The van der Waals surface area contributed by atoms with E-state index in [0.29, 0.717) is 6.42 Å². The van der Waals surface area contributed by atoms with Crippen LogP contribution in [0.1, 0.15) is 47.6 Å². The first kappa shape index (κ1) is 10.0. The zero-order chi connectivity index (χ0) is 10.0. The molecule has 0 aliphatic heterocycles.